The third kappa shape index (κ3) is 2.14. The van der Waals surface area contributed by atoms with Crippen LogP contribution in [0.1, 0.15) is 19.4 Å². The van der Waals surface area contributed by atoms with Gasteiger partial charge in [0.1, 0.15) is 17.6 Å². The molecule has 1 rings (SSSR count). The van der Waals surface area contributed by atoms with Crippen LogP contribution in [0.4, 0.5) is 4.39 Å². The number of aliphatic carboxylic acids is 1. The molecule has 0 aliphatic carbocycles. The fourth-order valence-corrected chi connectivity index (χ4v) is 1.50. The zero-order chi connectivity index (χ0) is 12.5. The summed E-state index contributed by atoms with van der Waals surface area (Å²) in [6.07, 6.45) is 0. The van der Waals surface area contributed by atoms with Crippen LogP contribution in [0.2, 0.25) is 0 Å². The van der Waals surface area contributed by atoms with Gasteiger partial charge in [0, 0.05) is 11.5 Å². The number of rotatable bonds is 3. The van der Waals surface area contributed by atoms with Crippen molar-refractivity contribution < 1.29 is 19.4 Å². The SMILES string of the molecule is CC(C)(c1ccc(O)cc1F)C(N)C(=O)O. The van der Waals surface area contributed by atoms with E-state index in [0.717, 1.165) is 6.07 Å². The molecule has 1 aromatic rings. The van der Waals surface area contributed by atoms with E-state index < -0.39 is 23.2 Å². The maximum atomic E-state index is 13.6. The lowest BCUT2D eigenvalue weighted by Crippen LogP contribution is -2.47. The van der Waals surface area contributed by atoms with Crippen LogP contribution in [0.3, 0.4) is 0 Å². The Bertz CT molecular complexity index is 418. The Balaban J connectivity index is 3.21. The highest BCUT2D eigenvalue weighted by atomic mass is 19.1. The molecular weight excluding hydrogens is 213 g/mol. The highest BCUT2D eigenvalue weighted by molar-refractivity contribution is 5.75. The molecule has 1 unspecified atom stereocenters. The molecule has 0 radical (unpaired) electrons. The van der Waals surface area contributed by atoms with E-state index in [2.05, 4.69) is 0 Å². The summed E-state index contributed by atoms with van der Waals surface area (Å²) in [4.78, 5) is 10.8. The second-order valence-electron chi connectivity index (χ2n) is 4.20. The van der Waals surface area contributed by atoms with Crippen LogP contribution in [0.15, 0.2) is 18.2 Å². The Hall–Kier alpha value is -1.62. The number of phenols is 1. The van der Waals surface area contributed by atoms with Gasteiger partial charge in [-0.3, -0.25) is 4.79 Å². The molecule has 0 aromatic heterocycles. The second kappa shape index (κ2) is 4.09. The van der Waals surface area contributed by atoms with Crippen LogP contribution < -0.4 is 5.73 Å². The molecule has 0 fully saturated rings. The first-order valence-electron chi connectivity index (χ1n) is 4.74. The lowest BCUT2D eigenvalue weighted by Gasteiger charge is -2.29. The van der Waals surface area contributed by atoms with Crippen molar-refractivity contribution >= 4 is 5.97 Å². The van der Waals surface area contributed by atoms with Crippen molar-refractivity contribution in [2.75, 3.05) is 0 Å². The van der Waals surface area contributed by atoms with Crippen molar-refractivity contribution in [1.82, 2.24) is 0 Å². The van der Waals surface area contributed by atoms with E-state index in [4.69, 9.17) is 15.9 Å². The van der Waals surface area contributed by atoms with Crippen LogP contribution in [0, 0.1) is 5.82 Å². The van der Waals surface area contributed by atoms with Crippen LogP contribution in [0.25, 0.3) is 0 Å². The van der Waals surface area contributed by atoms with Gasteiger partial charge in [0.25, 0.3) is 0 Å². The van der Waals surface area contributed by atoms with Crippen LogP contribution in [-0.2, 0) is 10.2 Å². The molecule has 0 heterocycles. The Labute approximate surface area is 92.5 Å². The largest absolute Gasteiger partial charge is 0.508 e. The average molecular weight is 227 g/mol. The number of aromatic hydroxyl groups is 1. The molecule has 16 heavy (non-hydrogen) atoms. The van der Waals surface area contributed by atoms with Gasteiger partial charge in [0.2, 0.25) is 0 Å². The summed E-state index contributed by atoms with van der Waals surface area (Å²) >= 11 is 0. The van der Waals surface area contributed by atoms with Crippen molar-refractivity contribution in [3.05, 3.63) is 29.6 Å². The number of carboxylic acid groups (broad SMARTS) is 1. The van der Waals surface area contributed by atoms with Crippen molar-refractivity contribution in [2.24, 2.45) is 5.73 Å². The third-order valence-corrected chi connectivity index (χ3v) is 2.69. The fraction of sp³-hybridized carbons (Fsp3) is 0.364. The molecule has 0 bridgehead atoms. The molecule has 0 spiro atoms. The minimum Gasteiger partial charge on any atom is -0.508 e. The van der Waals surface area contributed by atoms with E-state index in [1.807, 2.05) is 0 Å². The summed E-state index contributed by atoms with van der Waals surface area (Å²) in [5, 5.41) is 17.9. The predicted molar refractivity (Wildman–Crippen MR) is 56.7 cm³/mol. The molecule has 1 aromatic carbocycles. The number of phenolic OH excluding ortho intramolecular Hbond substituents is 1. The molecule has 0 saturated carbocycles. The van der Waals surface area contributed by atoms with Gasteiger partial charge in [0.15, 0.2) is 0 Å². The molecule has 0 amide bonds. The monoisotopic (exact) mass is 227 g/mol. The second-order valence-corrected chi connectivity index (χ2v) is 4.20. The number of benzene rings is 1. The maximum Gasteiger partial charge on any atom is 0.321 e. The van der Waals surface area contributed by atoms with E-state index >= 15 is 0 Å². The smallest absolute Gasteiger partial charge is 0.321 e. The minimum absolute atomic E-state index is 0.167. The summed E-state index contributed by atoms with van der Waals surface area (Å²) in [6, 6.07) is 2.36. The van der Waals surface area contributed by atoms with Crippen LogP contribution >= 0.6 is 0 Å². The van der Waals surface area contributed by atoms with Gasteiger partial charge in [-0.15, -0.1) is 0 Å². The maximum absolute atomic E-state index is 13.6. The Morgan fingerprint density at radius 1 is 1.50 bits per heavy atom. The highest BCUT2D eigenvalue weighted by Gasteiger charge is 2.35. The minimum atomic E-state index is -1.22. The number of hydrogen-bond donors (Lipinski definition) is 3. The van der Waals surface area contributed by atoms with Crippen molar-refractivity contribution in [2.45, 2.75) is 25.3 Å². The van der Waals surface area contributed by atoms with Gasteiger partial charge in [-0.05, 0) is 11.6 Å². The normalized spacial score (nSPS) is 13.5. The standard InChI is InChI=1S/C11H14FNO3/c1-11(2,9(13)10(15)16)7-4-3-6(14)5-8(7)12/h3-5,9,14H,13H2,1-2H3,(H,15,16). The van der Waals surface area contributed by atoms with Gasteiger partial charge in [-0.25, -0.2) is 4.39 Å². The Morgan fingerprint density at radius 3 is 2.50 bits per heavy atom. The molecule has 1 atom stereocenters. The first kappa shape index (κ1) is 12.4. The zero-order valence-corrected chi connectivity index (χ0v) is 9.07. The van der Waals surface area contributed by atoms with E-state index in [1.165, 1.54) is 12.1 Å². The highest BCUT2D eigenvalue weighted by Crippen LogP contribution is 2.30. The average Bonchev–Trinajstić information content (AvgIpc) is 2.15. The summed E-state index contributed by atoms with van der Waals surface area (Å²) in [6.45, 7) is 3.09. The van der Waals surface area contributed by atoms with Gasteiger partial charge < -0.3 is 15.9 Å². The molecule has 5 heteroatoms. The molecule has 88 valence electrons. The van der Waals surface area contributed by atoms with Crippen LogP contribution in [-0.4, -0.2) is 22.2 Å². The number of carbonyl (C=O) groups is 1. The van der Waals surface area contributed by atoms with Crippen molar-refractivity contribution in [3.8, 4) is 5.75 Å². The zero-order valence-electron chi connectivity index (χ0n) is 9.07. The summed E-state index contributed by atoms with van der Waals surface area (Å²) < 4.78 is 13.6. The number of carboxylic acids is 1. The summed E-state index contributed by atoms with van der Waals surface area (Å²) in [7, 11) is 0. The van der Waals surface area contributed by atoms with E-state index in [-0.39, 0.29) is 11.3 Å². The van der Waals surface area contributed by atoms with E-state index in [0.29, 0.717) is 0 Å². The van der Waals surface area contributed by atoms with Gasteiger partial charge in [-0.2, -0.15) is 0 Å². The Kier molecular flexibility index (Phi) is 3.19. The number of hydrogen-bond acceptors (Lipinski definition) is 3. The third-order valence-electron chi connectivity index (χ3n) is 2.69. The van der Waals surface area contributed by atoms with Crippen LogP contribution in [0.5, 0.6) is 5.75 Å². The molecule has 4 nitrogen and oxygen atoms in total. The summed E-state index contributed by atoms with van der Waals surface area (Å²) in [5.41, 5.74) is 4.62. The lowest BCUT2D eigenvalue weighted by atomic mass is 9.78. The molecule has 0 aliphatic heterocycles. The van der Waals surface area contributed by atoms with E-state index in [9.17, 15) is 9.18 Å². The number of halogens is 1. The topological polar surface area (TPSA) is 83.5 Å². The van der Waals surface area contributed by atoms with Crippen molar-refractivity contribution in [1.29, 1.82) is 0 Å². The lowest BCUT2D eigenvalue weighted by molar-refractivity contribution is -0.140. The molecular formula is C11H14FNO3. The first-order chi connectivity index (χ1) is 7.26. The molecule has 0 aliphatic rings. The predicted octanol–water partition coefficient (Wildman–Crippen LogP) is 1.22. The molecule has 0 saturated heterocycles. The number of nitrogens with two attached hydrogens (primary N) is 1. The summed E-state index contributed by atoms with van der Waals surface area (Å²) in [5.74, 6) is -2.07. The van der Waals surface area contributed by atoms with Crippen molar-refractivity contribution in [3.63, 3.8) is 0 Å². The van der Waals surface area contributed by atoms with E-state index in [1.54, 1.807) is 13.8 Å². The Morgan fingerprint density at radius 2 is 2.06 bits per heavy atom. The van der Waals surface area contributed by atoms with Gasteiger partial charge in [0.05, 0.1) is 0 Å². The van der Waals surface area contributed by atoms with Gasteiger partial charge in [-0.1, -0.05) is 19.9 Å². The van der Waals surface area contributed by atoms with Gasteiger partial charge >= 0.3 is 5.97 Å². The molecule has 4 N–H and O–H groups in total. The fourth-order valence-electron chi connectivity index (χ4n) is 1.50. The quantitative estimate of drug-likeness (QED) is 0.725. The first-order valence-corrected chi connectivity index (χ1v) is 4.74.